The van der Waals surface area contributed by atoms with Crippen molar-refractivity contribution in [2.24, 2.45) is 0 Å². The van der Waals surface area contributed by atoms with Crippen molar-refractivity contribution in [1.29, 1.82) is 0 Å². The lowest BCUT2D eigenvalue weighted by Crippen LogP contribution is -2.49. The number of hydrogen-bond acceptors (Lipinski definition) is 4. The van der Waals surface area contributed by atoms with Crippen LogP contribution in [0, 0.1) is 0 Å². The van der Waals surface area contributed by atoms with E-state index in [1.165, 1.54) is 9.87 Å². The molecule has 1 aliphatic carbocycles. The van der Waals surface area contributed by atoms with Crippen molar-refractivity contribution in [2.75, 3.05) is 6.26 Å². The van der Waals surface area contributed by atoms with Crippen molar-refractivity contribution in [1.82, 2.24) is 9.79 Å². The van der Waals surface area contributed by atoms with Crippen molar-refractivity contribution >= 4 is 15.9 Å². The number of sulfonamides is 1. The summed E-state index contributed by atoms with van der Waals surface area (Å²) in [5, 5.41) is 9.22. The fourth-order valence-corrected chi connectivity index (χ4v) is 5.00. The van der Waals surface area contributed by atoms with Gasteiger partial charge in [0, 0.05) is 6.04 Å². The molecule has 0 aromatic heterocycles. The van der Waals surface area contributed by atoms with E-state index in [1.54, 1.807) is 35.8 Å². The minimum atomic E-state index is -3.71. The summed E-state index contributed by atoms with van der Waals surface area (Å²) in [5.74, 6) is -0.763. The summed E-state index contributed by atoms with van der Waals surface area (Å²) >= 11 is 0. The van der Waals surface area contributed by atoms with Gasteiger partial charge in [-0.15, -0.1) is 0 Å². The summed E-state index contributed by atoms with van der Waals surface area (Å²) in [7, 11) is -3.71. The number of fused-ring (bicyclic) bond motifs is 1. The molecule has 0 unspecified atom stereocenters. The van der Waals surface area contributed by atoms with Crippen LogP contribution in [0.5, 0.6) is 0 Å². The molecule has 6 nitrogen and oxygen atoms in total. The second kappa shape index (κ2) is 7.57. The Morgan fingerprint density at radius 1 is 1.12 bits per heavy atom. The minimum Gasteiger partial charge on any atom is -0.289 e. The van der Waals surface area contributed by atoms with Gasteiger partial charge in [-0.2, -0.15) is 4.31 Å². The molecular weight excluding hydrogens is 352 g/mol. The molecule has 1 aliphatic rings. The first kappa shape index (κ1) is 18.6. The van der Waals surface area contributed by atoms with Crippen molar-refractivity contribution < 1.29 is 18.4 Å². The summed E-state index contributed by atoms with van der Waals surface area (Å²) in [6.07, 6.45) is 3.00. The summed E-state index contributed by atoms with van der Waals surface area (Å²) in [4.78, 5) is 12.4. The average molecular weight is 374 g/mol. The zero-order valence-electron chi connectivity index (χ0n) is 14.5. The molecule has 0 heterocycles. The molecule has 0 saturated carbocycles. The van der Waals surface area contributed by atoms with E-state index < -0.39 is 22.0 Å². The lowest BCUT2D eigenvalue weighted by molar-refractivity contribution is -0.134. The molecule has 0 saturated heterocycles. The number of benzene rings is 2. The maximum absolute atomic E-state index is 12.6. The van der Waals surface area contributed by atoms with Gasteiger partial charge in [0.15, 0.2) is 0 Å². The second-order valence-corrected chi connectivity index (χ2v) is 8.44. The van der Waals surface area contributed by atoms with Crippen LogP contribution in [-0.4, -0.2) is 36.1 Å². The highest BCUT2D eigenvalue weighted by Gasteiger charge is 2.40. The van der Waals surface area contributed by atoms with Crippen LogP contribution in [-0.2, 0) is 27.7 Å². The van der Waals surface area contributed by atoms with E-state index in [0.29, 0.717) is 18.4 Å². The Hall–Kier alpha value is -2.22. The lowest BCUT2D eigenvalue weighted by Gasteiger charge is -2.37. The van der Waals surface area contributed by atoms with Crippen LogP contribution in [0.15, 0.2) is 54.6 Å². The predicted molar refractivity (Wildman–Crippen MR) is 98.1 cm³/mol. The number of rotatable bonds is 5. The van der Waals surface area contributed by atoms with E-state index in [1.807, 2.05) is 24.3 Å². The van der Waals surface area contributed by atoms with Gasteiger partial charge < -0.3 is 0 Å². The van der Waals surface area contributed by atoms with Crippen LogP contribution in [0.25, 0.3) is 0 Å². The SMILES string of the molecule is CS(=O)(=O)N([C@@H]1CCc2ccccc2C1)[C@@H](C(=O)NO)c1ccccc1. The zero-order chi connectivity index (χ0) is 18.7. The van der Waals surface area contributed by atoms with Gasteiger partial charge in [-0.05, 0) is 36.0 Å². The highest BCUT2D eigenvalue weighted by molar-refractivity contribution is 7.88. The van der Waals surface area contributed by atoms with Gasteiger partial charge in [0.1, 0.15) is 6.04 Å². The Labute approximate surface area is 153 Å². The normalized spacial score (nSPS) is 18.2. The number of carbonyl (C=O) groups excluding carboxylic acids is 1. The summed E-state index contributed by atoms with van der Waals surface area (Å²) in [6, 6.07) is 15.1. The van der Waals surface area contributed by atoms with Gasteiger partial charge in [-0.3, -0.25) is 10.0 Å². The molecule has 0 spiro atoms. The Balaban J connectivity index is 2.04. The second-order valence-electron chi connectivity index (χ2n) is 6.55. The highest BCUT2D eigenvalue weighted by Crippen LogP contribution is 2.32. The van der Waals surface area contributed by atoms with Crippen LogP contribution in [0.2, 0.25) is 0 Å². The quantitative estimate of drug-likeness (QED) is 0.619. The molecule has 2 N–H and O–H groups in total. The first-order valence-electron chi connectivity index (χ1n) is 8.46. The van der Waals surface area contributed by atoms with Gasteiger partial charge in [-0.1, -0.05) is 54.6 Å². The number of hydrogen-bond donors (Lipinski definition) is 2. The third-order valence-electron chi connectivity index (χ3n) is 4.79. The predicted octanol–water partition coefficient (Wildman–Crippen LogP) is 2.05. The van der Waals surface area contributed by atoms with E-state index >= 15 is 0 Å². The maximum atomic E-state index is 12.6. The van der Waals surface area contributed by atoms with Gasteiger partial charge in [0.25, 0.3) is 5.91 Å². The van der Waals surface area contributed by atoms with E-state index in [-0.39, 0.29) is 6.04 Å². The lowest BCUT2D eigenvalue weighted by atomic mass is 9.87. The van der Waals surface area contributed by atoms with Crippen LogP contribution >= 0.6 is 0 Å². The fraction of sp³-hybridized carbons (Fsp3) is 0.316. The smallest absolute Gasteiger partial charge is 0.266 e. The highest BCUT2D eigenvalue weighted by atomic mass is 32.2. The first-order valence-corrected chi connectivity index (χ1v) is 10.3. The van der Waals surface area contributed by atoms with Gasteiger partial charge in [-0.25, -0.2) is 13.9 Å². The number of aryl methyl sites for hydroxylation is 1. The van der Waals surface area contributed by atoms with E-state index in [0.717, 1.165) is 18.2 Å². The largest absolute Gasteiger partial charge is 0.289 e. The molecular formula is C19H22N2O4S. The third-order valence-corrected chi connectivity index (χ3v) is 6.07. The molecule has 0 fully saturated rings. The summed E-state index contributed by atoms with van der Waals surface area (Å²) in [6.45, 7) is 0. The fourth-order valence-electron chi connectivity index (χ4n) is 3.68. The molecule has 0 aliphatic heterocycles. The van der Waals surface area contributed by atoms with E-state index in [4.69, 9.17) is 0 Å². The monoisotopic (exact) mass is 374 g/mol. The Bertz CT molecular complexity index is 883. The third kappa shape index (κ3) is 3.80. The number of amides is 1. The van der Waals surface area contributed by atoms with E-state index in [2.05, 4.69) is 0 Å². The Morgan fingerprint density at radius 3 is 2.35 bits per heavy atom. The van der Waals surface area contributed by atoms with Gasteiger partial charge in [0.2, 0.25) is 10.0 Å². The molecule has 26 heavy (non-hydrogen) atoms. The molecule has 2 aromatic carbocycles. The van der Waals surface area contributed by atoms with Crippen molar-refractivity contribution in [3.8, 4) is 0 Å². The van der Waals surface area contributed by atoms with Crippen molar-refractivity contribution in [3.63, 3.8) is 0 Å². The molecule has 3 rings (SSSR count). The topological polar surface area (TPSA) is 86.7 Å². The number of hydroxylamine groups is 1. The molecule has 2 atom stereocenters. The van der Waals surface area contributed by atoms with Crippen LogP contribution in [0.3, 0.4) is 0 Å². The number of nitrogens with one attached hydrogen (secondary N) is 1. The molecule has 1 amide bonds. The molecule has 0 radical (unpaired) electrons. The van der Waals surface area contributed by atoms with Crippen molar-refractivity contribution in [2.45, 2.75) is 31.3 Å². The standard InChI is InChI=1S/C19H22N2O4S/c1-26(24,25)21(17-12-11-14-7-5-6-10-16(14)13-17)18(19(22)20-23)15-8-3-2-4-9-15/h2-10,17-18,23H,11-13H2,1H3,(H,20,22)/t17-,18-/m1/s1. The first-order chi connectivity index (χ1) is 12.4. The molecule has 7 heteroatoms. The van der Waals surface area contributed by atoms with Crippen LogP contribution in [0.4, 0.5) is 0 Å². The van der Waals surface area contributed by atoms with Crippen LogP contribution < -0.4 is 5.48 Å². The average Bonchev–Trinajstić information content (AvgIpc) is 2.64. The summed E-state index contributed by atoms with van der Waals surface area (Å²) < 4.78 is 26.5. The Kier molecular flexibility index (Phi) is 5.41. The van der Waals surface area contributed by atoms with Crippen LogP contribution in [0.1, 0.15) is 29.2 Å². The summed E-state index contributed by atoms with van der Waals surface area (Å²) in [5.41, 5.74) is 4.45. The molecule has 138 valence electrons. The van der Waals surface area contributed by atoms with E-state index in [9.17, 15) is 18.4 Å². The number of nitrogens with zero attached hydrogens (tertiary/aromatic N) is 1. The Morgan fingerprint density at radius 2 is 1.73 bits per heavy atom. The van der Waals surface area contributed by atoms with Gasteiger partial charge in [0.05, 0.1) is 6.26 Å². The maximum Gasteiger partial charge on any atom is 0.266 e. The number of carbonyl (C=O) groups is 1. The minimum absolute atomic E-state index is 0.359. The molecule has 0 bridgehead atoms. The zero-order valence-corrected chi connectivity index (χ0v) is 15.3. The van der Waals surface area contributed by atoms with Crippen molar-refractivity contribution in [3.05, 3.63) is 71.3 Å². The molecule has 2 aromatic rings. The van der Waals surface area contributed by atoms with Gasteiger partial charge >= 0.3 is 0 Å².